The van der Waals surface area contributed by atoms with E-state index in [4.69, 9.17) is 27.9 Å². The van der Waals surface area contributed by atoms with E-state index in [-0.39, 0.29) is 11.3 Å². The Morgan fingerprint density at radius 1 is 1.00 bits per heavy atom. The Bertz CT molecular complexity index is 1540. The molecule has 2 heterocycles. The number of halogens is 2. The Balaban J connectivity index is 1.81. The van der Waals surface area contributed by atoms with Gasteiger partial charge in [-0.1, -0.05) is 47.5 Å². The van der Waals surface area contributed by atoms with E-state index in [1.54, 1.807) is 36.4 Å². The number of carbonyl (C=O) groups is 2. The Hall–Kier alpha value is -3.74. The third kappa shape index (κ3) is 3.75. The van der Waals surface area contributed by atoms with Gasteiger partial charge in [0.1, 0.15) is 11.5 Å². The van der Waals surface area contributed by atoms with E-state index < -0.39 is 17.7 Å². The molecule has 1 fully saturated rings. The summed E-state index contributed by atoms with van der Waals surface area (Å²) in [4.78, 5) is 28.2. The lowest BCUT2D eigenvalue weighted by Crippen LogP contribution is -2.29. The Morgan fingerprint density at radius 3 is 2.51 bits per heavy atom. The molecule has 1 atom stereocenters. The number of aliphatic hydroxyl groups excluding tert-OH is 1. The summed E-state index contributed by atoms with van der Waals surface area (Å²) in [5, 5.41) is 13.0. The Morgan fingerprint density at radius 2 is 1.77 bits per heavy atom. The number of nitrogens with zero attached hydrogens (tertiary/aromatic N) is 2. The van der Waals surface area contributed by atoms with Crippen molar-refractivity contribution in [1.82, 2.24) is 4.57 Å². The number of rotatable bonds is 4. The quantitative estimate of drug-likeness (QED) is 0.205. The fourth-order valence-corrected chi connectivity index (χ4v) is 4.95. The van der Waals surface area contributed by atoms with Crippen molar-refractivity contribution in [2.24, 2.45) is 7.05 Å². The molecule has 1 N–H and O–H groups in total. The summed E-state index contributed by atoms with van der Waals surface area (Å²) in [6.07, 6.45) is 1.87. The molecule has 4 aromatic rings. The van der Waals surface area contributed by atoms with Gasteiger partial charge in [-0.2, -0.15) is 0 Å². The predicted octanol–water partition coefficient (Wildman–Crippen LogP) is 6.12. The lowest BCUT2D eigenvalue weighted by Gasteiger charge is -2.25. The number of aliphatic hydroxyl groups is 1. The van der Waals surface area contributed by atoms with Gasteiger partial charge in [0.2, 0.25) is 0 Å². The highest BCUT2D eigenvalue weighted by molar-refractivity contribution is 6.52. The molecule has 6 nitrogen and oxygen atoms in total. The minimum absolute atomic E-state index is 0.0318. The second-order valence-electron chi connectivity index (χ2n) is 8.21. The van der Waals surface area contributed by atoms with E-state index >= 15 is 0 Å². The zero-order valence-electron chi connectivity index (χ0n) is 18.8. The molecule has 176 valence electrons. The first kappa shape index (κ1) is 23.0. The molecule has 1 aromatic heterocycles. The lowest BCUT2D eigenvalue weighted by atomic mass is 9.94. The first-order valence-electron chi connectivity index (χ1n) is 10.8. The number of hydrogen-bond donors (Lipinski definition) is 1. The molecule has 1 aliphatic rings. The number of aryl methyl sites for hydroxylation is 1. The molecule has 0 saturated carbocycles. The fourth-order valence-electron chi connectivity index (χ4n) is 4.57. The number of ether oxygens (including phenoxy) is 1. The maximum absolute atomic E-state index is 13.4. The van der Waals surface area contributed by atoms with Crippen LogP contribution in [0.4, 0.5) is 5.69 Å². The molecule has 1 unspecified atom stereocenters. The fraction of sp³-hybridized carbons (Fsp3) is 0.111. The minimum Gasteiger partial charge on any atom is -0.507 e. The van der Waals surface area contributed by atoms with Crippen molar-refractivity contribution in [3.63, 3.8) is 0 Å². The number of methoxy groups -OCH3 is 1. The zero-order chi connectivity index (χ0) is 24.9. The molecule has 1 aliphatic heterocycles. The standard InChI is InChI=1S/C27H20Cl2N2O4/c1-30-14-19(18-8-3-4-9-21(18)30)24-23(25(32)15-10-11-20(29)22(12-15)35-2)26(33)27(34)31(24)17-7-5-6-16(28)13-17/h3-14,24,32H,1-2H3/b25-23+. The van der Waals surface area contributed by atoms with Crippen molar-refractivity contribution in [3.8, 4) is 5.75 Å². The molecule has 1 saturated heterocycles. The van der Waals surface area contributed by atoms with Gasteiger partial charge < -0.3 is 14.4 Å². The molecule has 0 aliphatic carbocycles. The minimum atomic E-state index is -0.888. The number of aromatic nitrogens is 1. The summed E-state index contributed by atoms with van der Waals surface area (Å²) in [5.74, 6) is -1.54. The second kappa shape index (κ2) is 8.80. The number of hydrogen-bond acceptors (Lipinski definition) is 4. The van der Waals surface area contributed by atoms with E-state index in [0.717, 1.165) is 10.9 Å². The number of carbonyl (C=O) groups excluding carboxylic acids is 2. The third-order valence-corrected chi connectivity index (χ3v) is 6.73. The van der Waals surface area contributed by atoms with Crippen LogP contribution < -0.4 is 9.64 Å². The van der Waals surface area contributed by atoms with Crippen LogP contribution in [0.2, 0.25) is 10.0 Å². The number of ketones is 1. The number of para-hydroxylation sites is 1. The van der Waals surface area contributed by atoms with Gasteiger partial charge in [0, 0.05) is 46.0 Å². The summed E-state index contributed by atoms with van der Waals surface area (Å²) < 4.78 is 7.20. The molecule has 1 amide bonds. The second-order valence-corrected chi connectivity index (χ2v) is 9.05. The highest BCUT2D eigenvalue weighted by Crippen LogP contribution is 2.45. The lowest BCUT2D eigenvalue weighted by molar-refractivity contribution is -0.132. The van der Waals surface area contributed by atoms with Gasteiger partial charge in [-0.3, -0.25) is 14.5 Å². The van der Waals surface area contributed by atoms with Gasteiger partial charge in [-0.05, 0) is 42.5 Å². The van der Waals surface area contributed by atoms with Crippen molar-refractivity contribution in [3.05, 3.63) is 99.7 Å². The highest BCUT2D eigenvalue weighted by atomic mass is 35.5. The maximum atomic E-state index is 13.4. The predicted molar refractivity (Wildman–Crippen MR) is 137 cm³/mol. The van der Waals surface area contributed by atoms with Crippen LogP contribution in [0.25, 0.3) is 16.7 Å². The molecular formula is C27H20Cl2N2O4. The summed E-state index contributed by atoms with van der Waals surface area (Å²) in [7, 11) is 3.35. The molecule has 35 heavy (non-hydrogen) atoms. The average molecular weight is 507 g/mol. The first-order chi connectivity index (χ1) is 16.8. The van der Waals surface area contributed by atoms with Crippen LogP contribution in [0.1, 0.15) is 17.2 Å². The van der Waals surface area contributed by atoms with E-state index in [1.165, 1.54) is 18.1 Å². The van der Waals surface area contributed by atoms with Gasteiger partial charge >= 0.3 is 0 Å². The van der Waals surface area contributed by atoms with Gasteiger partial charge in [0.25, 0.3) is 11.7 Å². The summed E-state index contributed by atoms with van der Waals surface area (Å²) in [5.41, 5.74) is 2.35. The summed E-state index contributed by atoms with van der Waals surface area (Å²) in [6, 6.07) is 18.2. The topological polar surface area (TPSA) is 71.8 Å². The van der Waals surface area contributed by atoms with E-state index in [2.05, 4.69) is 0 Å². The van der Waals surface area contributed by atoms with Crippen molar-refractivity contribution in [1.29, 1.82) is 0 Å². The zero-order valence-corrected chi connectivity index (χ0v) is 20.3. The van der Waals surface area contributed by atoms with Crippen LogP contribution >= 0.6 is 23.2 Å². The molecule has 0 spiro atoms. The number of fused-ring (bicyclic) bond motifs is 1. The number of benzene rings is 3. The average Bonchev–Trinajstić information content (AvgIpc) is 3.32. The van der Waals surface area contributed by atoms with Crippen LogP contribution in [0.3, 0.4) is 0 Å². The summed E-state index contributed by atoms with van der Waals surface area (Å²) >= 11 is 12.4. The SMILES string of the molecule is COc1cc(/C(O)=C2\C(=O)C(=O)N(c3cccc(Cl)c3)C2c2cn(C)c3ccccc23)ccc1Cl. The Kier molecular flexibility index (Phi) is 5.79. The number of anilines is 1. The van der Waals surface area contributed by atoms with Crippen LogP contribution in [0, 0.1) is 0 Å². The molecule has 8 heteroatoms. The van der Waals surface area contributed by atoms with Crippen LogP contribution in [-0.4, -0.2) is 28.5 Å². The van der Waals surface area contributed by atoms with E-state index in [0.29, 0.717) is 32.6 Å². The van der Waals surface area contributed by atoms with Gasteiger partial charge in [0.05, 0.1) is 23.7 Å². The largest absolute Gasteiger partial charge is 0.507 e. The summed E-state index contributed by atoms with van der Waals surface area (Å²) in [6.45, 7) is 0. The number of amides is 1. The van der Waals surface area contributed by atoms with Crippen molar-refractivity contribution < 1.29 is 19.4 Å². The van der Waals surface area contributed by atoms with E-state index in [1.807, 2.05) is 42.1 Å². The first-order valence-corrected chi connectivity index (χ1v) is 11.5. The van der Waals surface area contributed by atoms with Gasteiger partial charge in [0.15, 0.2) is 0 Å². The van der Waals surface area contributed by atoms with Crippen LogP contribution in [0.5, 0.6) is 5.75 Å². The van der Waals surface area contributed by atoms with E-state index in [9.17, 15) is 14.7 Å². The van der Waals surface area contributed by atoms with Crippen LogP contribution in [0.15, 0.2) is 78.5 Å². The van der Waals surface area contributed by atoms with Crippen LogP contribution in [-0.2, 0) is 16.6 Å². The smallest absolute Gasteiger partial charge is 0.300 e. The third-order valence-electron chi connectivity index (χ3n) is 6.18. The monoisotopic (exact) mass is 506 g/mol. The molecular weight excluding hydrogens is 487 g/mol. The Labute approximate surface area is 211 Å². The van der Waals surface area contributed by atoms with Crippen molar-refractivity contribution >= 4 is 57.2 Å². The maximum Gasteiger partial charge on any atom is 0.300 e. The van der Waals surface area contributed by atoms with Crippen molar-refractivity contribution in [2.45, 2.75) is 6.04 Å². The molecule has 0 bridgehead atoms. The normalized spacial score (nSPS) is 17.4. The van der Waals surface area contributed by atoms with Gasteiger partial charge in [-0.15, -0.1) is 0 Å². The molecule has 5 rings (SSSR count). The molecule has 3 aromatic carbocycles. The van der Waals surface area contributed by atoms with Gasteiger partial charge in [-0.25, -0.2) is 0 Å². The number of Topliss-reactive ketones (excluding diaryl/α,β-unsaturated/α-hetero) is 1. The van der Waals surface area contributed by atoms with Crippen molar-refractivity contribution in [2.75, 3.05) is 12.0 Å². The highest BCUT2D eigenvalue weighted by Gasteiger charge is 2.48. The molecule has 0 radical (unpaired) electrons.